The van der Waals surface area contributed by atoms with E-state index in [1.807, 2.05) is 0 Å². The van der Waals surface area contributed by atoms with Crippen molar-refractivity contribution >= 4 is 5.96 Å². The molecule has 4 nitrogen and oxygen atoms in total. The third kappa shape index (κ3) is 4.11. The number of guanidine groups is 1. The fraction of sp³-hybridized carbons (Fsp3) is 0.938. The molecule has 2 rings (SSSR count). The van der Waals surface area contributed by atoms with Gasteiger partial charge in [-0.2, -0.15) is 0 Å². The molecule has 2 fully saturated rings. The Labute approximate surface area is 124 Å². The molecule has 116 valence electrons. The van der Waals surface area contributed by atoms with E-state index in [0.717, 1.165) is 11.9 Å². The van der Waals surface area contributed by atoms with E-state index in [1.165, 1.54) is 64.2 Å². The van der Waals surface area contributed by atoms with Crippen LogP contribution >= 0.6 is 0 Å². The van der Waals surface area contributed by atoms with E-state index in [4.69, 9.17) is 10.8 Å². The molecule has 0 amide bonds. The Morgan fingerprint density at radius 3 is 2.30 bits per heavy atom. The summed E-state index contributed by atoms with van der Waals surface area (Å²) in [6.07, 6.45) is 13.0. The molecular formula is C16H32N4. The number of aliphatic imine (C=N–C) groups is 1. The van der Waals surface area contributed by atoms with Crippen molar-refractivity contribution in [1.82, 2.24) is 10.3 Å². The highest BCUT2D eigenvalue weighted by atomic mass is 15.4. The van der Waals surface area contributed by atoms with Crippen LogP contribution in [0.4, 0.5) is 0 Å². The van der Waals surface area contributed by atoms with Gasteiger partial charge in [-0.3, -0.25) is 5.43 Å². The second-order valence-electron chi connectivity index (χ2n) is 6.58. The normalized spacial score (nSPS) is 29.2. The van der Waals surface area contributed by atoms with Crippen LogP contribution in [-0.4, -0.2) is 30.0 Å². The van der Waals surface area contributed by atoms with Gasteiger partial charge < -0.3 is 4.90 Å². The predicted molar refractivity (Wildman–Crippen MR) is 85.4 cm³/mol. The van der Waals surface area contributed by atoms with E-state index in [0.29, 0.717) is 12.1 Å². The van der Waals surface area contributed by atoms with Crippen molar-refractivity contribution in [1.29, 1.82) is 0 Å². The summed E-state index contributed by atoms with van der Waals surface area (Å²) >= 11 is 0. The minimum absolute atomic E-state index is 0.476. The zero-order valence-corrected chi connectivity index (χ0v) is 13.3. The maximum atomic E-state index is 5.73. The largest absolute Gasteiger partial charge is 0.342 e. The first kappa shape index (κ1) is 15.6. The van der Waals surface area contributed by atoms with Crippen LogP contribution in [0.5, 0.6) is 0 Å². The molecule has 2 saturated carbocycles. The first-order chi connectivity index (χ1) is 9.74. The molecule has 0 radical (unpaired) electrons. The molecule has 0 unspecified atom stereocenters. The molecule has 0 aromatic carbocycles. The van der Waals surface area contributed by atoms with E-state index in [1.54, 1.807) is 0 Å². The van der Waals surface area contributed by atoms with Gasteiger partial charge >= 0.3 is 0 Å². The van der Waals surface area contributed by atoms with Crippen LogP contribution in [0.25, 0.3) is 0 Å². The van der Waals surface area contributed by atoms with Gasteiger partial charge in [0.2, 0.25) is 5.96 Å². The molecule has 3 N–H and O–H groups in total. The highest BCUT2D eigenvalue weighted by Crippen LogP contribution is 2.29. The standard InChI is InChI=1S/C16H32N4/c1-3-13-9-11-15(12-10-13)20(2)16(19-17)18-14-7-5-4-6-8-14/h13-15H,3-12,17H2,1-2H3,(H,18,19). The summed E-state index contributed by atoms with van der Waals surface area (Å²) in [5.41, 5.74) is 2.85. The Morgan fingerprint density at radius 1 is 1.10 bits per heavy atom. The fourth-order valence-electron chi connectivity index (χ4n) is 3.73. The molecule has 2 aliphatic rings. The van der Waals surface area contributed by atoms with E-state index in [-0.39, 0.29) is 0 Å². The Hall–Kier alpha value is -0.770. The van der Waals surface area contributed by atoms with Crippen LogP contribution in [-0.2, 0) is 0 Å². The smallest absolute Gasteiger partial charge is 0.208 e. The van der Waals surface area contributed by atoms with Gasteiger partial charge in [-0.15, -0.1) is 0 Å². The van der Waals surface area contributed by atoms with Crippen molar-refractivity contribution in [2.75, 3.05) is 7.05 Å². The molecule has 0 saturated heterocycles. The quantitative estimate of drug-likeness (QED) is 0.361. The Morgan fingerprint density at radius 2 is 1.75 bits per heavy atom. The van der Waals surface area contributed by atoms with Gasteiger partial charge in [0.1, 0.15) is 0 Å². The molecule has 0 bridgehead atoms. The van der Waals surface area contributed by atoms with E-state index in [2.05, 4.69) is 24.3 Å². The van der Waals surface area contributed by atoms with Gasteiger partial charge in [0, 0.05) is 13.1 Å². The second-order valence-corrected chi connectivity index (χ2v) is 6.58. The minimum Gasteiger partial charge on any atom is -0.342 e. The fourth-order valence-corrected chi connectivity index (χ4v) is 3.73. The Kier molecular flexibility index (Phi) is 6.14. The number of nitrogens with two attached hydrogens (primary N) is 1. The second kappa shape index (κ2) is 7.87. The van der Waals surface area contributed by atoms with Gasteiger partial charge in [0.15, 0.2) is 0 Å². The van der Waals surface area contributed by atoms with E-state index in [9.17, 15) is 0 Å². The molecule has 0 atom stereocenters. The number of hydrogen-bond donors (Lipinski definition) is 2. The molecule has 0 aromatic heterocycles. The van der Waals surface area contributed by atoms with E-state index >= 15 is 0 Å². The molecular weight excluding hydrogens is 248 g/mol. The molecule has 4 heteroatoms. The predicted octanol–water partition coefficient (Wildman–Crippen LogP) is 3.04. The van der Waals surface area contributed by atoms with Crippen molar-refractivity contribution in [3.63, 3.8) is 0 Å². The lowest BCUT2D eigenvalue weighted by atomic mass is 9.84. The lowest BCUT2D eigenvalue weighted by Crippen LogP contribution is -2.49. The Bertz CT molecular complexity index is 302. The third-order valence-electron chi connectivity index (χ3n) is 5.28. The van der Waals surface area contributed by atoms with Gasteiger partial charge in [0.25, 0.3) is 0 Å². The average molecular weight is 280 g/mol. The summed E-state index contributed by atoms with van der Waals surface area (Å²) in [7, 11) is 2.15. The summed E-state index contributed by atoms with van der Waals surface area (Å²) in [4.78, 5) is 7.17. The molecule has 0 aliphatic heterocycles. The highest BCUT2D eigenvalue weighted by molar-refractivity contribution is 5.79. The molecule has 0 heterocycles. The van der Waals surface area contributed by atoms with Crippen molar-refractivity contribution in [2.24, 2.45) is 16.8 Å². The summed E-state index contributed by atoms with van der Waals surface area (Å²) in [6, 6.07) is 1.08. The third-order valence-corrected chi connectivity index (χ3v) is 5.28. The molecule has 0 spiro atoms. The maximum absolute atomic E-state index is 5.73. The van der Waals surface area contributed by atoms with Crippen molar-refractivity contribution in [3.8, 4) is 0 Å². The first-order valence-electron chi connectivity index (χ1n) is 8.51. The monoisotopic (exact) mass is 280 g/mol. The topological polar surface area (TPSA) is 53.6 Å². The van der Waals surface area contributed by atoms with Gasteiger partial charge in [-0.05, 0) is 44.4 Å². The lowest BCUT2D eigenvalue weighted by Gasteiger charge is -2.36. The Balaban J connectivity index is 1.91. The van der Waals surface area contributed by atoms with Gasteiger partial charge in [-0.25, -0.2) is 10.8 Å². The van der Waals surface area contributed by atoms with E-state index < -0.39 is 0 Å². The van der Waals surface area contributed by atoms with Crippen molar-refractivity contribution in [3.05, 3.63) is 0 Å². The van der Waals surface area contributed by atoms with Crippen LogP contribution in [0.2, 0.25) is 0 Å². The van der Waals surface area contributed by atoms with Crippen molar-refractivity contribution in [2.45, 2.75) is 83.2 Å². The van der Waals surface area contributed by atoms with Gasteiger partial charge in [0.05, 0.1) is 6.04 Å². The number of rotatable bonds is 3. The van der Waals surface area contributed by atoms with Crippen LogP contribution in [0.1, 0.15) is 71.1 Å². The average Bonchev–Trinajstić information content (AvgIpc) is 2.53. The number of nitrogens with one attached hydrogen (secondary N) is 1. The number of hydrazine groups is 1. The SMILES string of the molecule is CCC1CCC(N(C)C(=NC2CCCCC2)NN)CC1. The molecule has 2 aliphatic carbocycles. The first-order valence-corrected chi connectivity index (χ1v) is 8.51. The minimum atomic E-state index is 0.476. The molecule has 0 aromatic rings. The van der Waals surface area contributed by atoms with Crippen LogP contribution in [0, 0.1) is 5.92 Å². The number of hydrogen-bond acceptors (Lipinski definition) is 2. The van der Waals surface area contributed by atoms with Crippen LogP contribution in [0.15, 0.2) is 4.99 Å². The summed E-state index contributed by atoms with van der Waals surface area (Å²) in [6.45, 7) is 2.31. The summed E-state index contributed by atoms with van der Waals surface area (Å²) in [5, 5.41) is 0. The van der Waals surface area contributed by atoms with Gasteiger partial charge in [-0.1, -0.05) is 32.6 Å². The lowest BCUT2D eigenvalue weighted by molar-refractivity contribution is 0.221. The van der Waals surface area contributed by atoms with Crippen molar-refractivity contribution < 1.29 is 0 Å². The molecule has 20 heavy (non-hydrogen) atoms. The van der Waals surface area contributed by atoms with Crippen LogP contribution < -0.4 is 11.3 Å². The summed E-state index contributed by atoms with van der Waals surface area (Å²) < 4.78 is 0. The zero-order valence-electron chi connectivity index (χ0n) is 13.3. The summed E-state index contributed by atoms with van der Waals surface area (Å²) in [5.74, 6) is 7.56. The van der Waals surface area contributed by atoms with Crippen LogP contribution in [0.3, 0.4) is 0 Å². The maximum Gasteiger partial charge on any atom is 0.208 e. The zero-order chi connectivity index (χ0) is 14.4. The number of nitrogens with zero attached hydrogens (tertiary/aromatic N) is 2. The highest BCUT2D eigenvalue weighted by Gasteiger charge is 2.25.